The third kappa shape index (κ3) is 5.71. The van der Waals surface area contributed by atoms with Crippen molar-refractivity contribution in [1.82, 2.24) is 0 Å². The lowest BCUT2D eigenvalue weighted by molar-refractivity contribution is -0.119. The van der Waals surface area contributed by atoms with E-state index in [0.717, 1.165) is 6.07 Å². The molecule has 0 aliphatic carbocycles. The van der Waals surface area contributed by atoms with E-state index in [9.17, 15) is 18.0 Å². The van der Waals surface area contributed by atoms with Gasteiger partial charge in [-0.1, -0.05) is 30.3 Å². The number of para-hydroxylation sites is 3. The van der Waals surface area contributed by atoms with Crippen LogP contribution in [-0.2, 0) is 19.6 Å². The summed E-state index contributed by atoms with van der Waals surface area (Å²) in [6.07, 6.45) is 0. The van der Waals surface area contributed by atoms with E-state index in [1.807, 2.05) is 18.2 Å². The van der Waals surface area contributed by atoms with E-state index in [-0.39, 0.29) is 10.5 Å². The smallest absolute Gasteiger partial charge is 0.338 e. The molecule has 0 aliphatic rings. The summed E-state index contributed by atoms with van der Waals surface area (Å²) in [7, 11) is -4.02. The molecule has 1 amide bonds. The number of carbonyl (C=O) groups excluding carboxylic acids is 2. The quantitative estimate of drug-likeness (QED) is 0.526. The number of hydrogen-bond donors (Lipinski definition) is 2. The summed E-state index contributed by atoms with van der Waals surface area (Å²) in [5.41, 5.74) is 1.38. The van der Waals surface area contributed by atoms with E-state index >= 15 is 0 Å². The van der Waals surface area contributed by atoms with Gasteiger partial charge in [-0.3, -0.25) is 4.79 Å². The van der Waals surface area contributed by atoms with Gasteiger partial charge in [-0.15, -0.1) is 0 Å². The van der Waals surface area contributed by atoms with E-state index in [2.05, 4.69) is 5.32 Å². The summed E-state index contributed by atoms with van der Waals surface area (Å²) in [4.78, 5) is 24.6. The average molecular weight is 455 g/mol. The predicted molar refractivity (Wildman–Crippen MR) is 119 cm³/mol. The molecule has 8 nitrogen and oxygen atoms in total. The number of carbonyl (C=O) groups is 2. The minimum atomic E-state index is -4.02. The zero-order valence-electron chi connectivity index (χ0n) is 17.5. The Morgan fingerprint density at radius 2 is 1.62 bits per heavy atom. The van der Waals surface area contributed by atoms with Gasteiger partial charge in [0.25, 0.3) is 5.91 Å². The molecular formula is C23H22N2O6S. The summed E-state index contributed by atoms with van der Waals surface area (Å²) in [5.74, 6) is -0.411. The van der Waals surface area contributed by atoms with Crippen LogP contribution in [0, 0.1) is 13.8 Å². The highest BCUT2D eigenvalue weighted by Crippen LogP contribution is 2.29. The number of primary sulfonamides is 1. The lowest BCUT2D eigenvalue weighted by atomic mass is 10.1. The van der Waals surface area contributed by atoms with Crippen molar-refractivity contribution in [2.45, 2.75) is 18.7 Å². The van der Waals surface area contributed by atoms with E-state index in [4.69, 9.17) is 14.6 Å². The molecule has 0 saturated carbocycles. The third-order valence-corrected chi connectivity index (χ3v) is 5.67. The molecule has 0 spiro atoms. The number of anilines is 1. The molecule has 0 radical (unpaired) electrons. The van der Waals surface area contributed by atoms with E-state index < -0.39 is 28.5 Å². The molecule has 3 aromatic rings. The zero-order chi connectivity index (χ0) is 23.3. The Hall–Kier alpha value is -3.69. The molecule has 0 aromatic heterocycles. The number of esters is 1. The van der Waals surface area contributed by atoms with Crippen molar-refractivity contribution in [1.29, 1.82) is 0 Å². The van der Waals surface area contributed by atoms with Crippen LogP contribution in [0.1, 0.15) is 21.5 Å². The van der Waals surface area contributed by atoms with Gasteiger partial charge in [0.15, 0.2) is 12.4 Å². The summed E-state index contributed by atoms with van der Waals surface area (Å²) in [6, 6.07) is 18.5. The molecule has 3 rings (SSSR count). The highest BCUT2D eigenvalue weighted by molar-refractivity contribution is 7.89. The van der Waals surface area contributed by atoms with Gasteiger partial charge in [-0.05, 0) is 61.4 Å². The predicted octanol–water partition coefficient (Wildman–Crippen LogP) is 3.54. The molecule has 0 saturated heterocycles. The van der Waals surface area contributed by atoms with Crippen molar-refractivity contribution in [3.63, 3.8) is 0 Å². The number of nitrogens with two attached hydrogens (primary N) is 1. The number of aryl methyl sites for hydroxylation is 1. The molecule has 9 heteroatoms. The maximum Gasteiger partial charge on any atom is 0.338 e. The highest BCUT2D eigenvalue weighted by Gasteiger charge is 2.19. The van der Waals surface area contributed by atoms with E-state index in [1.54, 1.807) is 50.2 Å². The SMILES string of the molecule is Cc1cc(C(=O)OCC(=O)Nc2ccccc2Oc2ccccc2)cc(S(N)(=O)=O)c1C. The van der Waals surface area contributed by atoms with Crippen LogP contribution < -0.4 is 15.2 Å². The molecule has 3 aromatic carbocycles. The van der Waals surface area contributed by atoms with Crippen LogP contribution in [0.15, 0.2) is 71.6 Å². The Morgan fingerprint density at radius 3 is 2.31 bits per heavy atom. The topological polar surface area (TPSA) is 125 Å². The average Bonchev–Trinajstić information content (AvgIpc) is 2.75. The normalized spacial score (nSPS) is 11.0. The first-order valence-electron chi connectivity index (χ1n) is 9.58. The van der Waals surface area contributed by atoms with Crippen LogP contribution in [0.5, 0.6) is 11.5 Å². The van der Waals surface area contributed by atoms with Crippen LogP contribution in [-0.4, -0.2) is 26.9 Å². The van der Waals surface area contributed by atoms with Gasteiger partial charge in [-0.25, -0.2) is 18.4 Å². The number of nitrogens with one attached hydrogen (secondary N) is 1. The number of hydrogen-bond acceptors (Lipinski definition) is 6. The fraction of sp³-hybridized carbons (Fsp3) is 0.130. The summed E-state index contributed by atoms with van der Waals surface area (Å²) in [5, 5.41) is 7.85. The highest BCUT2D eigenvalue weighted by atomic mass is 32.2. The number of sulfonamides is 1. The van der Waals surface area contributed by atoms with Gasteiger partial charge in [-0.2, -0.15) is 0 Å². The summed E-state index contributed by atoms with van der Waals surface area (Å²) >= 11 is 0. The van der Waals surface area contributed by atoms with Crippen molar-refractivity contribution in [3.8, 4) is 11.5 Å². The van der Waals surface area contributed by atoms with Crippen LogP contribution in [0.3, 0.4) is 0 Å². The maximum absolute atomic E-state index is 12.4. The summed E-state index contributed by atoms with van der Waals surface area (Å²) < 4.78 is 34.4. The minimum Gasteiger partial charge on any atom is -0.455 e. The molecule has 0 bridgehead atoms. The Morgan fingerprint density at radius 1 is 0.969 bits per heavy atom. The van der Waals surface area contributed by atoms with Crippen molar-refractivity contribution in [3.05, 3.63) is 83.4 Å². The molecule has 0 fully saturated rings. The first-order valence-corrected chi connectivity index (χ1v) is 11.1. The monoisotopic (exact) mass is 454 g/mol. The number of ether oxygens (including phenoxy) is 2. The first kappa shape index (κ1) is 23.0. The molecule has 166 valence electrons. The summed E-state index contributed by atoms with van der Waals surface area (Å²) in [6.45, 7) is 2.67. The Bertz CT molecular complexity index is 1260. The Balaban J connectivity index is 1.67. The molecule has 0 atom stereocenters. The number of benzene rings is 3. The van der Waals surface area contributed by atoms with Crippen molar-refractivity contribution < 1.29 is 27.5 Å². The largest absolute Gasteiger partial charge is 0.455 e. The molecule has 0 aliphatic heterocycles. The third-order valence-electron chi connectivity index (χ3n) is 4.63. The first-order chi connectivity index (χ1) is 15.1. The van der Waals surface area contributed by atoms with Gasteiger partial charge in [0, 0.05) is 0 Å². The number of rotatable bonds is 7. The Labute approximate surface area is 186 Å². The molecule has 32 heavy (non-hydrogen) atoms. The second-order valence-corrected chi connectivity index (χ2v) is 8.53. The van der Waals surface area contributed by atoms with Gasteiger partial charge < -0.3 is 14.8 Å². The maximum atomic E-state index is 12.4. The lowest BCUT2D eigenvalue weighted by Gasteiger charge is -2.13. The van der Waals surface area contributed by atoms with E-state index in [1.165, 1.54) is 6.07 Å². The minimum absolute atomic E-state index is 0.0160. The second kappa shape index (κ2) is 9.63. The second-order valence-electron chi connectivity index (χ2n) is 7.00. The van der Waals surface area contributed by atoms with Gasteiger partial charge in [0.2, 0.25) is 10.0 Å². The van der Waals surface area contributed by atoms with Crippen molar-refractivity contribution in [2.75, 3.05) is 11.9 Å². The Kier molecular flexibility index (Phi) is 6.92. The van der Waals surface area contributed by atoms with Gasteiger partial charge in [0.1, 0.15) is 5.75 Å². The van der Waals surface area contributed by atoms with Crippen LogP contribution in [0.2, 0.25) is 0 Å². The fourth-order valence-electron chi connectivity index (χ4n) is 2.92. The van der Waals surface area contributed by atoms with Crippen LogP contribution in [0.25, 0.3) is 0 Å². The van der Waals surface area contributed by atoms with Crippen molar-refractivity contribution >= 4 is 27.6 Å². The van der Waals surface area contributed by atoms with Gasteiger partial charge in [0.05, 0.1) is 16.1 Å². The van der Waals surface area contributed by atoms with Gasteiger partial charge >= 0.3 is 5.97 Å². The van der Waals surface area contributed by atoms with Crippen LogP contribution in [0.4, 0.5) is 5.69 Å². The van der Waals surface area contributed by atoms with Crippen molar-refractivity contribution in [2.24, 2.45) is 5.14 Å². The van der Waals surface area contributed by atoms with Crippen LogP contribution >= 0.6 is 0 Å². The molecule has 3 N–H and O–H groups in total. The fourth-order valence-corrected chi connectivity index (χ4v) is 3.79. The molecular weight excluding hydrogens is 432 g/mol. The molecule has 0 heterocycles. The number of amides is 1. The standard InChI is InChI=1S/C23H22N2O6S/c1-15-12-17(13-21(16(15)2)32(24,28)29)23(27)30-14-22(26)25-19-10-6-7-11-20(19)31-18-8-4-3-5-9-18/h3-13H,14H2,1-2H3,(H,25,26)(H2,24,28,29). The van der Waals surface area contributed by atoms with E-state index in [0.29, 0.717) is 28.3 Å². The lowest BCUT2D eigenvalue weighted by Crippen LogP contribution is -2.22. The zero-order valence-corrected chi connectivity index (χ0v) is 18.3. The molecule has 0 unspecified atom stereocenters.